The lowest BCUT2D eigenvalue weighted by Crippen LogP contribution is -2.41. The average molecular weight is 538 g/mol. The van der Waals surface area contributed by atoms with Crippen molar-refractivity contribution in [3.63, 3.8) is 0 Å². The standard InChI is InChI=1S/C29H43N7O3/c1-18(2)35(14-7-13-31-28(38)34-21-10-8-20(9-11-21)29(4,5)6)16-23-19(3)24(37)27(39-23)36-15-12-22-25(30)32-17-33-26(22)36/h8-12,15,17-19,23-24,27,37H,7,13-14,16H2,1-6H3,(H2,30,32,33)(H2,31,34,38)/t19-,23-,24-,27-/m1/s1. The molecule has 10 nitrogen and oxygen atoms in total. The zero-order chi connectivity index (χ0) is 28.3. The lowest BCUT2D eigenvalue weighted by molar-refractivity contribution is -0.0453. The quantitative estimate of drug-likeness (QED) is 0.302. The van der Waals surface area contributed by atoms with E-state index in [1.165, 1.54) is 11.9 Å². The van der Waals surface area contributed by atoms with Crippen molar-refractivity contribution in [1.82, 2.24) is 24.8 Å². The van der Waals surface area contributed by atoms with Crippen LogP contribution in [0.25, 0.3) is 11.0 Å². The molecule has 0 unspecified atom stereocenters. The molecule has 1 aliphatic rings. The Balaban J connectivity index is 1.27. The van der Waals surface area contributed by atoms with Gasteiger partial charge in [-0.2, -0.15) is 0 Å². The van der Waals surface area contributed by atoms with Gasteiger partial charge in [-0.05, 0) is 49.4 Å². The minimum absolute atomic E-state index is 0.0681. The molecule has 0 spiro atoms. The molecule has 4 rings (SSSR count). The van der Waals surface area contributed by atoms with E-state index in [0.29, 0.717) is 24.6 Å². The first-order chi connectivity index (χ1) is 18.5. The molecule has 1 saturated heterocycles. The molecule has 1 fully saturated rings. The molecule has 1 aliphatic heterocycles. The van der Waals surface area contributed by atoms with Crippen LogP contribution in [0.15, 0.2) is 42.9 Å². The number of aliphatic hydroxyl groups is 1. The van der Waals surface area contributed by atoms with E-state index in [-0.39, 0.29) is 29.5 Å². The van der Waals surface area contributed by atoms with E-state index in [9.17, 15) is 9.90 Å². The van der Waals surface area contributed by atoms with Gasteiger partial charge in [-0.1, -0.05) is 39.8 Å². The van der Waals surface area contributed by atoms with Gasteiger partial charge in [0.05, 0.1) is 11.5 Å². The highest BCUT2D eigenvalue weighted by atomic mass is 16.5. The molecule has 4 atom stereocenters. The number of nitrogens with two attached hydrogens (primary N) is 1. The summed E-state index contributed by atoms with van der Waals surface area (Å²) in [6, 6.07) is 9.89. The number of aliphatic hydroxyl groups excluding tert-OH is 1. The number of hydrogen-bond acceptors (Lipinski definition) is 7. The Morgan fingerprint density at radius 1 is 1.21 bits per heavy atom. The van der Waals surface area contributed by atoms with Gasteiger partial charge in [0.1, 0.15) is 23.9 Å². The molecule has 0 bridgehead atoms. The van der Waals surface area contributed by atoms with Crippen LogP contribution >= 0.6 is 0 Å². The number of rotatable bonds is 9. The minimum Gasteiger partial charge on any atom is -0.388 e. The van der Waals surface area contributed by atoms with Gasteiger partial charge in [0.2, 0.25) is 0 Å². The molecule has 0 radical (unpaired) electrons. The highest BCUT2D eigenvalue weighted by Crippen LogP contribution is 2.36. The average Bonchev–Trinajstić information content (AvgIpc) is 3.42. The third kappa shape index (κ3) is 6.69. The molecule has 2 amide bonds. The first-order valence-corrected chi connectivity index (χ1v) is 13.8. The van der Waals surface area contributed by atoms with Gasteiger partial charge in [-0.15, -0.1) is 0 Å². The summed E-state index contributed by atoms with van der Waals surface area (Å²) in [5.41, 5.74) is 8.70. The molecule has 0 aliphatic carbocycles. The second-order valence-electron chi connectivity index (χ2n) is 11.8. The van der Waals surface area contributed by atoms with Gasteiger partial charge in [0.15, 0.2) is 6.23 Å². The van der Waals surface area contributed by atoms with Crippen molar-refractivity contribution in [3.05, 3.63) is 48.4 Å². The van der Waals surface area contributed by atoms with Gasteiger partial charge < -0.3 is 30.8 Å². The van der Waals surface area contributed by atoms with E-state index >= 15 is 0 Å². The summed E-state index contributed by atoms with van der Waals surface area (Å²) in [7, 11) is 0. The first-order valence-electron chi connectivity index (χ1n) is 13.8. The summed E-state index contributed by atoms with van der Waals surface area (Å²) >= 11 is 0. The highest BCUT2D eigenvalue weighted by molar-refractivity contribution is 5.89. The van der Waals surface area contributed by atoms with E-state index in [2.05, 4.69) is 60.1 Å². The second kappa shape index (κ2) is 11.9. The third-order valence-corrected chi connectivity index (χ3v) is 7.61. The molecule has 10 heteroatoms. The molecule has 39 heavy (non-hydrogen) atoms. The van der Waals surface area contributed by atoms with Crippen molar-refractivity contribution in [2.24, 2.45) is 5.92 Å². The van der Waals surface area contributed by atoms with Crippen LogP contribution in [0.3, 0.4) is 0 Å². The van der Waals surface area contributed by atoms with Crippen LogP contribution in [0, 0.1) is 5.92 Å². The number of anilines is 2. The summed E-state index contributed by atoms with van der Waals surface area (Å²) in [5, 5.41) is 17.6. The zero-order valence-electron chi connectivity index (χ0n) is 23.9. The van der Waals surface area contributed by atoms with Gasteiger partial charge in [0, 0.05) is 43.5 Å². The summed E-state index contributed by atoms with van der Waals surface area (Å²) in [6.07, 6.45) is 2.67. The first kappa shape index (κ1) is 28.8. The maximum absolute atomic E-state index is 12.4. The number of carbonyl (C=O) groups excluding carboxylic acids is 1. The van der Waals surface area contributed by atoms with Gasteiger partial charge in [-0.25, -0.2) is 14.8 Å². The summed E-state index contributed by atoms with van der Waals surface area (Å²) in [6.45, 7) is 14.8. The number of carbonyl (C=O) groups is 1. The molecular weight excluding hydrogens is 494 g/mol. The van der Waals surface area contributed by atoms with E-state index in [0.717, 1.165) is 24.0 Å². The predicted octanol–water partition coefficient (Wildman–Crippen LogP) is 4.13. The molecule has 3 heterocycles. The van der Waals surface area contributed by atoms with Crippen LogP contribution in [0.2, 0.25) is 0 Å². The van der Waals surface area contributed by atoms with Crippen LogP contribution < -0.4 is 16.4 Å². The number of amides is 2. The number of nitrogen functional groups attached to an aromatic ring is 1. The molecular formula is C29H43N7O3. The van der Waals surface area contributed by atoms with Crippen molar-refractivity contribution in [3.8, 4) is 0 Å². The highest BCUT2D eigenvalue weighted by Gasteiger charge is 2.43. The fourth-order valence-corrected chi connectivity index (χ4v) is 5.00. The van der Waals surface area contributed by atoms with Gasteiger partial charge in [-0.3, -0.25) is 4.90 Å². The number of ether oxygens (including phenoxy) is 1. The van der Waals surface area contributed by atoms with Crippen molar-refractivity contribution >= 4 is 28.6 Å². The summed E-state index contributed by atoms with van der Waals surface area (Å²) in [4.78, 5) is 23.1. The van der Waals surface area contributed by atoms with Crippen LogP contribution in [-0.4, -0.2) is 68.5 Å². The number of nitrogens with one attached hydrogen (secondary N) is 2. The number of urea groups is 1. The molecule has 1 aromatic carbocycles. The lowest BCUT2D eigenvalue weighted by Gasteiger charge is -2.30. The normalized spacial score (nSPS) is 21.7. The summed E-state index contributed by atoms with van der Waals surface area (Å²) < 4.78 is 8.23. The van der Waals surface area contributed by atoms with Crippen molar-refractivity contribution in [2.75, 3.05) is 30.7 Å². The van der Waals surface area contributed by atoms with Crippen LogP contribution in [0.4, 0.5) is 16.3 Å². The Kier molecular flexibility index (Phi) is 8.78. The SMILES string of the molecule is CC(C)N(CCCNC(=O)Nc1ccc(C(C)(C)C)cc1)C[C@H]1O[C@@H](n2ccc3c(N)ncnc32)[C@H](O)[C@@H]1C. The topological polar surface area (TPSA) is 131 Å². The van der Waals surface area contributed by atoms with Gasteiger partial charge >= 0.3 is 6.03 Å². The van der Waals surface area contributed by atoms with Crippen molar-refractivity contribution in [1.29, 1.82) is 0 Å². The Hall–Kier alpha value is -3.21. The van der Waals surface area contributed by atoms with Crippen LogP contribution in [-0.2, 0) is 10.2 Å². The second-order valence-corrected chi connectivity index (χ2v) is 11.8. The van der Waals surface area contributed by atoms with Crippen LogP contribution in [0.5, 0.6) is 0 Å². The Labute approximate surface area is 230 Å². The number of aromatic nitrogens is 3. The van der Waals surface area contributed by atoms with Crippen LogP contribution in [0.1, 0.15) is 59.8 Å². The van der Waals surface area contributed by atoms with Crippen molar-refractivity contribution < 1.29 is 14.6 Å². The fraction of sp³-hybridized carbons (Fsp3) is 0.552. The molecule has 212 valence electrons. The maximum atomic E-state index is 12.4. The minimum atomic E-state index is -0.682. The Morgan fingerprint density at radius 3 is 2.59 bits per heavy atom. The molecule has 0 saturated carbocycles. The van der Waals surface area contributed by atoms with Gasteiger partial charge in [0.25, 0.3) is 0 Å². The van der Waals surface area contributed by atoms with Crippen molar-refractivity contribution in [2.45, 2.75) is 77.9 Å². The van der Waals surface area contributed by atoms with E-state index < -0.39 is 12.3 Å². The Bertz CT molecular complexity index is 1250. The number of fused-ring (bicyclic) bond motifs is 1. The smallest absolute Gasteiger partial charge is 0.319 e. The zero-order valence-corrected chi connectivity index (χ0v) is 23.9. The third-order valence-electron chi connectivity index (χ3n) is 7.61. The molecule has 5 N–H and O–H groups in total. The number of benzene rings is 1. The summed E-state index contributed by atoms with van der Waals surface area (Å²) in [5.74, 6) is 0.337. The Morgan fingerprint density at radius 2 is 1.92 bits per heavy atom. The van der Waals surface area contributed by atoms with E-state index in [1.807, 2.05) is 48.0 Å². The largest absolute Gasteiger partial charge is 0.388 e. The van der Waals surface area contributed by atoms with E-state index in [1.54, 1.807) is 0 Å². The lowest BCUT2D eigenvalue weighted by atomic mass is 9.87. The predicted molar refractivity (Wildman–Crippen MR) is 155 cm³/mol. The monoisotopic (exact) mass is 537 g/mol. The number of hydrogen-bond donors (Lipinski definition) is 4. The molecule has 3 aromatic rings. The van der Waals surface area contributed by atoms with E-state index in [4.69, 9.17) is 10.5 Å². The molecule has 2 aromatic heterocycles. The number of nitrogens with zero attached hydrogens (tertiary/aromatic N) is 4. The fourth-order valence-electron chi connectivity index (χ4n) is 5.00. The maximum Gasteiger partial charge on any atom is 0.319 e.